The maximum Gasteiger partial charge on any atom is 0.344 e. The van der Waals surface area contributed by atoms with Gasteiger partial charge < -0.3 is 9.72 Å². The van der Waals surface area contributed by atoms with Crippen molar-refractivity contribution in [3.63, 3.8) is 0 Å². The summed E-state index contributed by atoms with van der Waals surface area (Å²) in [6.07, 6.45) is -2.92. The lowest BCUT2D eigenvalue weighted by Crippen LogP contribution is -2.20. The Balaban J connectivity index is 3.48. The molecule has 0 amide bonds. The molecule has 1 aromatic rings. The van der Waals surface area contributed by atoms with Crippen molar-refractivity contribution in [2.75, 3.05) is 7.11 Å². The van der Waals surface area contributed by atoms with Gasteiger partial charge in [0.1, 0.15) is 17.3 Å². The number of H-pyrrole nitrogens is 1. The summed E-state index contributed by atoms with van der Waals surface area (Å²) < 4.78 is 28.8. The van der Waals surface area contributed by atoms with Crippen molar-refractivity contribution in [1.82, 2.24) is 4.98 Å². The minimum atomic E-state index is -2.92. The minimum Gasteiger partial charge on any atom is -0.465 e. The van der Waals surface area contributed by atoms with E-state index in [1.165, 1.54) is 6.07 Å². The van der Waals surface area contributed by atoms with Crippen molar-refractivity contribution in [3.8, 4) is 6.07 Å². The lowest BCUT2D eigenvalue weighted by molar-refractivity contribution is 0.0597. The first-order valence-electron chi connectivity index (χ1n) is 4.05. The van der Waals surface area contributed by atoms with Crippen LogP contribution in [-0.2, 0) is 4.74 Å². The van der Waals surface area contributed by atoms with Gasteiger partial charge in [-0.25, -0.2) is 13.6 Å². The number of alkyl halides is 2. The molecule has 84 valence electrons. The number of hydrogen-bond acceptors (Lipinski definition) is 4. The van der Waals surface area contributed by atoms with Gasteiger partial charge >= 0.3 is 5.97 Å². The first-order valence-corrected chi connectivity index (χ1v) is 4.05. The highest BCUT2D eigenvalue weighted by atomic mass is 19.3. The van der Waals surface area contributed by atoms with Gasteiger partial charge in [0, 0.05) is 6.07 Å². The molecule has 0 aromatic carbocycles. The molecule has 0 spiro atoms. The number of esters is 1. The summed E-state index contributed by atoms with van der Waals surface area (Å²) in [6.45, 7) is 0. The monoisotopic (exact) mass is 228 g/mol. The molecule has 16 heavy (non-hydrogen) atoms. The zero-order valence-corrected chi connectivity index (χ0v) is 8.08. The maximum absolute atomic E-state index is 12.3. The van der Waals surface area contributed by atoms with Crippen molar-refractivity contribution >= 4 is 5.97 Å². The SMILES string of the molecule is COC(=O)c1c(C#N)[nH]c(C(F)F)cc1=O. The molecular formula is C9H6F2N2O3. The van der Waals surface area contributed by atoms with Crippen LogP contribution >= 0.6 is 0 Å². The van der Waals surface area contributed by atoms with Crippen LogP contribution in [-0.4, -0.2) is 18.1 Å². The zero-order valence-electron chi connectivity index (χ0n) is 8.08. The summed E-state index contributed by atoms with van der Waals surface area (Å²) in [6, 6.07) is 2.02. The third-order valence-electron chi connectivity index (χ3n) is 1.79. The van der Waals surface area contributed by atoms with Crippen LogP contribution < -0.4 is 5.43 Å². The van der Waals surface area contributed by atoms with Crippen molar-refractivity contribution in [1.29, 1.82) is 5.26 Å². The highest BCUT2D eigenvalue weighted by molar-refractivity contribution is 5.91. The van der Waals surface area contributed by atoms with Gasteiger partial charge in [0.25, 0.3) is 6.43 Å². The van der Waals surface area contributed by atoms with E-state index >= 15 is 0 Å². The van der Waals surface area contributed by atoms with Crippen LogP contribution in [0, 0.1) is 11.3 Å². The summed E-state index contributed by atoms with van der Waals surface area (Å²) in [5, 5.41) is 8.62. The molecule has 0 unspecified atom stereocenters. The highest BCUT2D eigenvalue weighted by Gasteiger charge is 2.20. The van der Waals surface area contributed by atoms with E-state index in [4.69, 9.17) is 5.26 Å². The third kappa shape index (κ3) is 2.06. The van der Waals surface area contributed by atoms with E-state index in [1.807, 2.05) is 4.98 Å². The zero-order chi connectivity index (χ0) is 12.3. The predicted molar refractivity (Wildman–Crippen MR) is 48.1 cm³/mol. The molecule has 5 nitrogen and oxygen atoms in total. The lowest BCUT2D eigenvalue weighted by atomic mass is 10.1. The molecule has 1 N–H and O–H groups in total. The van der Waals surface area contributed by atoms with Gasteiger partial charge in [-0.3, -0.25) is 4.79 Å². The van der Waals surface area contributed by atoms with E-state index in [-0.39, 0.29) is 0 Å². The molecule has 0 aliphatic carbocycles. The van der Waals surface area contributed by atoms with E-state index < -0.39 is 34.8 Å². The quantitative estimate of drug-likeness (QED) is 0.764. The summed E-state index contributed by atoms with van der Waals surface area (Å²) in [4.78, 5) is 24.4. The van der Waals surface area contributed by atoms with Crippen molar-refractivity contribution in [2.45, 2.75) is 6.43 Å². The number of nitriles is 1. The molecule has 0 radical (unpaired) electrons. The topological polar surface area (TPSA) is 82.9 Å². The molecule has 0 saturated heterocycles. The van der Waals surface area contributed by atoms with Gasteiger partial charge in [-0.15, -0.1) is 0 Å². The second-order valence-corrected chi connectivity index (χ2v) is 2.74. The summed E-state index contributed by atoms with van der Waals surface area (Å²) in [5.74, 6) is -1.04. The van der Waals surface area contributed by atoms with Crippen LogP contribution in [0.5, 0.6) is 0 Å². The number of halogens is 2. The fourth-order valence-corrected chi connectivity index (χ4v) is 1.09. The first kappa shape index (κ1) is 11.8. The maximum atomic E-state index is 12.3. The second-order valence-electron chi connectivity index (χ2n) is 2.74. The van der Waals surface area contributed by atoms with Gasteiger partial charge in [-0.1, -0.05) is 0 Å². The average molecular weight is 228 g/mol. The molecule has 0 aliphatic rings. The molecule has 0 aliphatic heterocycles. The van der Waals surface area contributed by atoms with Crippen molar-refractivity contribution < 1.29 is 18.3 Å². The Bertz CT molecular complexity index is 516. The molecule has 1 heterocycles. The van der Waals surface area contributed by atoms with Crippen LogP contribution in [0.1, 0.15) is 28.2 Å². The Labute approximate surface area is 88.3 Å². The van der Waals surface area contributed by atoms with Crippen LogP contribution in [0.25, 0.3) is 0 Å². The van der Waals surface area contributed by atoms with Gasteiger partial charge in [0.2, 0.25) is 0 Å². The summed E-state index contributed by atoms with van der Waals surface area (Å²) in [7, 11) is 1.02. The fourth-order valence-electron chi connectivity index (χ4n) is 1.09. The number of aromatic amines is 1. The molecule has 1 rings (SSSR count). The van der Waals surface area contributed by atoms with E-state index in [0.29, 0.717) is 6.07 Å². The molecule has 0 bridgehead atoms. The van der Waals surface area contributed by atoms with Crippen LogP contribution in [0.4, 0.5) is 8.78 Å². The number of ether oxygens (including phenoxy) is 1. The van der Waals surface area contributed by atoms with E-state index in [9.17, 15) is 18.4 Å². The number of carbonyl (C=O) groups is 1. The Morgan fingerprint density at radius 3 is 2.69 bits per heavy atom. The Morgan fingerprint density at radius 1 is 1.62 bits per heavy atom. The standard InChI is InChI=1S/C9H6F2N2O3/c1-16-9(15)7-5(3-12)13-4(8(10)11)2-6(7)14/h2,8H,1H3,(H,13,14). The summed E-state index contributed by atoms with van der Waals surface area (Å²) >= 11 is 0. The third-order valence-corrected chi connectivity index (χ3v) is 1.79. The normalized spacial score (nSPS) is 9.94. The van der Waals surface area contributed by atoms with Gasteiger partial charge in [0.05, 0.1) is 12.8 Å². The Hall–Kier alpha value is -2.23. The van der Waals surface area contributed by atoms with Crippen LogP contribution in [0.15, 0.2) is 10.9 Å². The van der Waals surface area contributed by atoms with Crippen LogP contribution in [0.2, 0.25) is 0 Å². The van der Waals surface area contributed by atoms with E-state index in [2.05, 4.69) is 4.74 Å². The second kappa shape index (κ2) is 4.53. The minimum absolute atomic E-state index is 0.533. The first-order chi connectivity index (χ1) is 7.51. The Morgan fingerprint density at radius 2 is 2.25 bits per heavy atom. The molecule has 0 atom stereocenters. The van der Waals surface area contributed by atoms with Crippen molar-refractivity contribution in [2.24, 2.45) is 0 Å². The van der Waals surface area contributed by atoms with Crippen molar-refractivity contribution in [3.05, 3.63) is 33.2 Å². The largest absolute Gasteiger partial charge is 0.465 e. The molecule has 7 heteroatoms. The molecule has 1 aromatic heterocycles. The van der Waals surface area contributed by atoms with Gasteiger partial charge in [0.15, 0.2) is 5.43 Å². The van der Waals surface area contributed by atoms with Crippen LogP contribution in [0.3, 0.4) is 0 Å². The summed E-state index contributed by atoms with van der Waals surface area (Å²) in [5.41, 5.74) is -2.80. The highest BCUT2D eigenvalue weighted by Crippen LogP contribution is 2.15. The number of carbonyl (C=O) groups excluding carboxylic acids is 1. The number of pyridine rings is 1. The molecule has 0 fully saturated rings. The fraction of sp³-hybridized carbons (Fsp3) is 0.222. The lowest BCUT2D eigenvalue weighted by Gasteiger charge is -2.04. The Kier molecular flexibility index (Phi) is 3.35. The number of aromatic nitrogens is 1. The number of nitrogens with zero attached hydrogens (tertiary/aromatic N) is 1. The van der Waals surface area contributed by atoms with Gasteiger partial charge in [-0.2, -0.15) is 5.26 Å². The molecular weight excluding hydrogens is 222 g/mol. The smallest absolute Gasteiger partial charge is 0.344 e. The van der Waals surface area contributed by atoms with Gasteiger partial charge in [-0.05, 0) is 0 Å². The number of hydrogen-bond donors (Lipinski definition) is 1. The number of nitrogens with one attached hydrogen (secondary N) is 1. The predicted octanol–water partition coefficient (Wildman–Crippen LogP) is 0.971. The number of methoxy groups -OCH3 is 1. The number of rotatable bonds is 2. The van der Waals surface area contributed by atoms with E-state index in [0.717, 1.165) is 7.11 Å². The van der Waals surface area contributed by atoms with E-state index in [1.54, 1.807) is 0 Å². The average Bonchev–Trinajstić information content (AvgIpc) is 2.26. The molecule has 0 saturated carbocycles.